The summed E-state index contributed by atoms with van der Waals surface area (Å²) < 4.78 is 2.36. The number of benzene rings is 2. The van der Waals surface area contributed by atoms with Crippen molar-refractivity contribution in [2.45, 2.75) is 62.6 Å². The van der Waals surface area contributed by atoms with E-state index in [1.165, 1.54) is 48.4 Å². The van der Waals surface area contributed by atoms with Crippen molar-refractivity contribution in [1.82, 2.24) is 19.7 Å². The maximum atomic E-state index is 12.6. The van der Waals surface area contributed by atoms with E-state index in [0.29, 0.717) is 11.8 Å². The van der Waals surface area contributed by atoms with Crippen molar-refractivity contribution in [3.8, 4) is 0 Å². The summed E-state index contributed by atoms with van der Waals surface area (Å²) in [6.45, 7) is 1.81. The number of hydrogen-bond donors (Lipinski definition) is 0. The number of amides is 1. The summed E-state index contributed by atoms with van der Waals surface area (Å²) in [5.41, 5.74) is 1.28. The molecule has 2 aliphatic rings. The molecule has 2 aromatic carbocycles. The topological polar surface area (TPSA) is 51.0 Å². The van der Waals surface area contributed by atoms with E-state index in [1.807, 2.05) is 4.90 Å². The lowest BCUT2D eigenvalue weighted by atomic mass is 9.95. The summed E-state index contributed by atoms with van der Waals surface area (Å²) in [6, 6.07) is 15.5. The van der Waals surface area contributed by atoms with Crippen LogP contribution in [0.25, 0.3) is 10.8 Å². The van der Waals surface area contributed by atoms with E-state index < -0.39 is 0 Å². The zero-order valence-electron chi connectivity index (χ0n) is 18.0. The van der Waals surface area contributed by atoms with Crippen LogP contribution in [0.5, 0.6) is 0 Å². The van der Waals surface area contributed by atoms with Crippen LogP contribution in [-0.2, 0) is 11.2 Å². The molecule has 2 fully saturated rings. The Morgan fingerprint density at radius 2 is 1.71 bits per heavy atom. The Hall–Kier alpha value is -2.34. The number of likely N-dealkylation sites (tertiary alicyclic amines) is 1. The van der Waals surface area contributed by atoms with E-state index in [2.05, 4.69) is 57.2 Å². The van der Waals surface area contributed by atoms with Gasteiger partial charge in [-0.25, -0.2) is 0 Å². The molecule has 1 saturated carbocycles. The van der Waals surface area contributed by atoms with Gasteiger partial charge in [0.15, 0.2) is 5.16 Å². The zero-order valence-corrected chi connectivity index (χ0v) is 18.8. The summed E-state index contributed by atoms with van der Waals surface area (Å²) >= 11 is 1.57. The molecule has 2 heterocycles. The number of hydrogen-bond acceptors (Lipinski definition) is 4. The normalized spacial score (nSPS) is 17.5. The van der Waals surface area contributed by atoms with Crippen LogP contribution >= 0.6 is 11.8 Å². The Kier molecular flexibility index (Phi) is 6.25. The van der Waals surface area contributed by atoms with Crippen molar-refractivity contribution < 1.29 is 4.79 Å². The highest BCUT2D eigenvalue weighted by Gasteiger charge is 2.25. The second kappa shape index (κ2) is 9.43. The van der Waals surface area contributed by atoms with Crippen LogP contribution in [0.3, 0.4) is 0 Å². The number of carbonyl (C=O) groups excluding carboxylic acids is 1. The summed E-state index contributed by atoms with van der Waals surface area (Å²) in [5, 5.41) is 12.7. The monoisotopic (exact) mass is 434 g/mol. The highest BCUT2D eigenvalue weighted by atomic mass is 32.2. The molecule has 162 valence electrons. The highest BCUT2D eigenvalue weighted by Crippen LogP contribution is 2.34. The van der Waals surface area contributed by atoms with E-state index >= 15 is 0 Å². The van der Waals surface area contributed by atoms with Crippen LogP contribution in [0.1, 0.15) is 62.4 Å². The minimum Gasteiger partial charge on any atom is -0.342 e. The lowest BCUT2D eigenvalue weighted by molar-refractivity contribution is -0.127. The maximum Gasteiger partial charge on any atom is 0.233 e. The number of thioether (sulfide) groups is 1. The minimum absolute atomic E-state index is 0.233. The van der Waals surface area contributed by atoms with Crippen LogP contribution in [0.4, 0.5) is 0 Å². The fraction of sp³-hybridized carbons (Fsp3) is 0.480. The first-order valence-electron chi connectivity index (χ1n) is 11.6. The molecule has 1 aliphatic carbocycles. The first-order valence-corrected chi connectivity index (χ1v) is 12.6. The van der Waals surface area contributed by atoms with Gasteiger partial charge < -0.3 is 9.47 Å². The summed E-state index contributed by atoms with van der Waals surface area (Å²) in [5.74, 6) is 1.72. The molecule has 3 aromatic rings. The van der Waals surface area contributed by atoms with Crippen molar-refractivity contribution in [3.63, 3.8) is 0 Å². The van der Waals surface area contributed by atoms with Gasteiger partial charge in [0, 0.05) is 25.6 Å². The SMILES string of the molecule is O=C(CSc1nnc(Cc2cccc3ccccc23)n1C1CCCCC1)N1CCCC1. The molecule has 0 radical (unpaired) electrons. The largest absolute Gasteiger partial charge is 0.342 e. The summed E-state index contributed by atoms with van der Waals surface area (Å²) in [7, 11) is 0. The number of carbonyl (C=O) groups is 1. The second-order valence-corrected chi connectivity index (χ2v) is 9.69. The molecule has 0 unspecified atom stereocenters. The molecule has 5 nitrogen and oxygen atoms in total. The van der Waals surface area contributed by atoms with Gasteiger partial charge in [-0.1, -0.05) is 73.5 Å². The smallest absolute Gasteiger partial charge is 0.233 e. The second-order valence-electron chi connectivity index (χ2n) is 8.75. The Balaban J connectivity index is 1.41. The first kappa shape index (κ1) is 20.6. The molecular weight excluding hydrogens is 404 g/mol. The molecule has 0 N–H and O–H groups in total. The predicted octanol–water partition coefficient (Wildman–Crippen LogP) is 5.24. The number of rotatable bonds is 6. The first-order chi connectivity index (χ1) is 15.3. The van der Waals surface area contributed by atoms with Gasteiger partial charge in [-0.2, -0.15) is 0 Å². The van der Waals surface area contributed by atoms with Crippen LogP contribution in [0.2, 0.25) is 0 Å². The molecule has 5 rings (SSSR count). The molecule has 31 heavy (non-hydrogen) atoms. The average molecular weight is 435 g/mol. The van der Waals surface area contributed by atoms with E-state index in [4.69, 9.17) is 0 Å². The fourth-order valence-electron chi connectivity index (χ4n) is 5.03. The molecule has 6 heteroatoms. The summed E-state index contributed by atoms with van der Waals surface area (Å²) in [6.07, 6.45) is 9.20. The van der Waals surface area contributed by atoms with Gasteiger partial charge in [-0.15, -0.1) is 10.2 Å². The number of fused-ring (bicyclic) bond motifs is 1. The molecule has 0 spiro atoms. The average Bonchev–Trinajstić information content (AvgIpc) is 3.49. The van der Waals surface area contributed by atoms with Gasteiger partial charge in [-0.3, -0.25) is 4.79 Å². The summed E-state index contributed by atoms with van der Waals surface area (Å²) in [4.78, 5) is 14.6. The van der Waals surface area contributed by atoms with Crippen LogP contribution in [-0.4, -0.2) is 44.4 Å². The Morgan fingerprint density at radius 3 is 2.55 bits per heavy atom. The predicted molar refractivity (Wildman–Crippen MR) is 125 cm³/mol. The lowest BCUT2D eigenvalue weighted by Gasteiger charge is -2.26. The fourth-order valence-corrected chi connectivity index (χ4v) is 5.96. The van der Waals surface area contributed by atoms with Gasteiger partial charge in [-0.05, 0) is 42.0 Å². The molecular formula is C25H30N4OS. The highest BCUT2D eigenvalue weighted by molar-refractivity contribution is 7.99. The van der Waals surface area contributed by atoms with Crippen LogP contribution < -0.4 is 0 Å². The van der Waals surface area contributed by atoms with Crippen molar-refractivity contribution in [2.75, 3.05) is 18.8 Å². The Labute approximate surface area is 188 Å². The van der Waals surface area contributed by atoms with Crippen molar-refractivity contribution in [3.05, 3.63) is 53.9 Å². The molecule has 1 saturated heterocycles. The zero-order chi connectivity index (χ0) is 21.0. The lowest BCUT2D eigenvalue weighted by Crippen LogP contribution is -2.29. The van der Waals surface area contributed by atoms with E-state index in [0.717, 1.165) is 43.3 Å². The standard InChI is InChI=1S/C25H30N4OS/c30-24(28-15-6-7-16-28)18-31-25-27-26-23(29(25)21-12-2-1-3-13-21)17-20-11-8-10-19-9-4-5-14-22(19)20/h4-5,8-11,14,21H,1-3,6-7,12-13,15-18H2. The van der Waals surface area contributed by atoms with Gasteiger partial charge in [0.2, 0.25) is 5.91 Å². The van der Waals surface area contributed by atoms with Gasteiger partial charge in [0.05, 0.1) is 5.75 Å². The van der Waals surface area contributed by atoms with Gasteiger partial charge in [0.1, 0.15) is 5.82 Å². The molecule has 1 aliphatic heterocycles. The van der Waals surface area contributed by atoms with Crippen molar-refractivity contribution in [2.24, 2.45) is 0 Å². The third-order valence-corrected chi connectivity index (χ3v) is 7.61. The number of aromatic nitrogens is 3. The molecule has 1 aromatic heterocycles. The van der Waals surface area contributed by atoms with Crippen LogP contribution in [0, 0.1) is 0 Å². The van der Waals surface area contributed by atoms with Crippen LogP contribution in [0.15, 0.2) is 47.6 Å². The van der Waals surface area contributed by atoms with Crippen molar-refractivity contribution >= 4 is 28.4 Å². The molecule has 0 atom stereocenters. The molecule has 1 amide bonds. The maximum absolute atomic E-state index is 12.6. The molecule has 0 bridgehead atoms. The van der Waals surface area contributed by atoms with Crippen molar-refractivity contribution in [1.29, 1.82) is 0 Å². The van der Waals surface area contributed by atoms with Gasteiger partial charge in [0.25, 0.3) is 0 Å². The quantitative estimate of drug-likeness (QED) is 0.498. The third-order valence-electron chi connectivity index (χ3n) is 6.69. The minimum atomic E-state index is 0.233. The number of nitrogens with zero attached hydrogens (tertiary/aromatic N) is 4. The Morgan fingerprint density at radius 1 is 0.935 bits per heavy atom. The van der Waals surface area contributed by atoms with E-state index in [9.17, 15) is 4.79 Å². The Bertz CT molecular complexity index is 1050. The third kappa shape index (κ3) is 4.49. The van der Waals surface area contributed by atoms with E-state index in [-0.39, 0.29) is 5.91 Å². The van der Waals surface area contributed by atoms with Gasteiger partial charge >= 0.3 is 0 Å². The van der Waals surface area contributed by atoms with E-state index in [1.54, 1.807) is 11.8 Å².